The molecule has 0 spiro atoms. The monoisotopic (exact) mass is 894 g/mol. The fourth-order valence-corrected chi connectivity index (χ4v) is 12.0. The molecule has 322 valence electrons. The lowest BCUT2D eigenvalue weighted by atomic mass is 9.97. The van der Waals surface area contributed by atoms with Crippen molar-refractivity contribution in [3.05, 3.63) is 255 Å². The van der Waals surface area contributed by atoms with E-state index >= 15 is 0 Å². The van der Waals surface area contributed by atoms with Crippen LogP contribution in [0.4, 0.5) is 17.1 Å². The molecule has 0 radical (unpaired) electrons. The number of fused-ring (bicyclic) bond motifs is 11. The van der Waals surface area contributed by atoms with Gasteiger partial charge in [0.15, 0.2) is 0 Å². The van der Waals surface area contributed by atoms with Crippen LogP contribution in [0.15, 0.2) is 255 Å². The van der Waals surface area contributed by atoms with E-state index in [-0.39, 0.29) is 0 Å². The molecule has 0 amide bonds. The molecule has 14 aromatic rings. The largest absolute Gasteiger partial charge is 0.311 e. The molecular weight excluding hydrogens is 853 g/mol. The Morgan fingerprint density at radius 1 is 0.304 bits per heavy atom. The van der Waals surface area contributed by atoms with Gasteiger partial charge in [0.25, 0.3) is 0 Å². The molecule has 0 N–H and O–H groups in total. The number of anilines is 3. The van der Waals surface area contributed by atoms with E-state index in [1.54, 1.807) is 0 Å². The third-order valence-corrected chi connectivity index (χ3v) is 15.4. The molecule has 69 heavy (non-hydrogen) atoms. The number of thiophene rings is 1. The highest BCUT2D eigenvalue weighted by Gasteiger charge is 2.18. The van der Waals surface area contributed by atoms with Crippen molar-refractivity contribution in [3.8, 4) is 39.1 Å². The van der Waals surface area contributed by atoms with Gasteiger partial charge < -0.3 is 9.47 Å². The van der Waals surface area contributed by atoms with Crippen molar-refractivity contribution < 1.29 is 0 Å². The molecule has 0 atom stereocenters. The van der Waals surface area contributed by atoms with E-state index in [1.807, 2.05) is 11.3 Å². The predicted octanol–water partition coefficient (Wildman–Crippen LogP) is 19.1. The first kappa shape index (κ1) is 39.4. The van der Waals surface area contributed by atoms with Crippen molar-refractivity contribution in [1.82, 2.24) is 4.57 Å². The first-order valence-electron chi connectivity index (χ1n) is 23.6. The highest BCUT2D eigenvalue weighted by Crippen LogP contribution is 2.43. The molecule has 12 aromatic carbocycles. The average Bonchev–Trinajstić information content (AvgIpc) is 3.98. The standard InChI is InChI=1S/C66H42N2S/c1-2-13-51(14-3-1)68-63-42-50(32-39-58(63)60-40-31-46-12-5-7-16-56(46)65(60)68)44-27-35-53(36-28-44)67(54-37-29-47(30-38-54)57-18-10-19-61-59-17-8-9-20-64(59)69-66(57)61)52-33-25-43(26-34-52)49-24-23-48-22-21-45-11-4-6-15-55(45)62(48)41-49/h1-42H. The highest BCUT2D eigenvalue weighted by molar-refractivity contribution is 7.26. The fourth-order valence-electron chi connectivity index (χ4n) is 10.8. The highest BCUT2D eigenvalue weighted by atomic mass is 32.1. The summed E-state index contributed by atoms with van der Waals surface area (Å²) >= 11 is 1.88. The van der Waals surface area contributed by atoms with Crippen molar-refractivity contribution in [2.75, 3.05) is 4.90 Å². The van der Waals surface area contributed by atoms with Crippen molar-refractivity contribution in [2.24, 2.45) is 0 Å². The Hall–Kier alpha value is -8.76. The third kappa shape index (κ3) is 6.54. The molecule has 0 aliphatic heterocycles. The first-order valence-corrected chi connectivity index (χ1v) is 24.5. The summed E-state index contributed by atoms with van der Waals surface area (Å²) in [7, 11) is 0. The molecule has 2 heterocycles. The molecule has 0 unspecified atom stereocenters. The lowest BCUT2D eigenvalue weighted by molar-refractivity contribution is 1.19. The second-order valence-corrected chi connectivity index (χ2v) is 19.1. The Morgan fingerprint density at radius 3 is 1.54 bits per heavy atom. The van der Waals surface area contributed by atoms with Gasteiger partial charge in [-0.3, -0.25) is 0 Å². The van der Waals surface area contributed by atoms with Crippen molar-refractivity contribution in [1.29, 1.82) is 0 Å². The number of hydrogen-bond donors (Lipinski definition) is 0. The van der Waals surface area contributed by atoms with E-state index in [0.717, 1.165) is 22.7 Å². The maximum absolute atomic E-state index is 2.45. The van der Waals surface area contributed by atoms with E-state index in [4.69, 9.17) is 0 Å². The van der Waals surface area contributed by atoms with Gasteiger partial charge in [-0.25, -0.2) is 0 Å². The Kier molecular flexibility index (Phi) is 9.11. The summed E-state index contributed by atoms with van der Waals surface area (Å²) in [4.78, 5) is 2.38. The van der Waals surface area contributed by atoms with Crippen molar-refractivity contribution >= 4 is 103 Å². The van der Waals surface area contributed by atoms with E-state index in [9.17, 15) is 0 Å². The first-order chi connectivity index (χ1) is 34.2. The minimum Gasteiger partial charge on any atom is -0.311 e. The van der Waals surface area contributed by atoms with Crippen molar-refractivity contribution in [2.45, 2.75) is 0 Å². The van der Waals surface area contributed by atoms with Crippen LogP contribution < -0.4 is 4.90 Å². The SMILES string of the molecule is c1ccc(-n2c3cc(-c4ccc(N(c5ccc(-c6ccc7ccc8ccccc8c7c6)cc5)c5ccc(-c6cccc7c6sc6ccccc67)cc5)cc4)ccc3c3ccc4ccccc4c32)cc1. The third-order valence-electron chi connectivity index (χ3n) is 14.2. The number of aromatic nitrogens is 1. The number of benzene rings is 12. The van der Waals surface area contributed by atoms with Gasteiger partial charge in [-0.1, -0.05) is 188 Å². The van der Waals surface area contributed by atoms with Crippen LogP contribution in [0.5, 0.6) is 0 Å². The van der Waals surface area contributed by atoms with Gasteiger partial charge in [-0.05, 0) is 127 Å². The summed E-state index contributed by atoms with van der Waals surface area (Å²) in [5.74, 6) is 0. The minimum absolute atomic E-state index is 1.09. The Labute approximate surface area is 403 Å². The summed E-state index contributed by atoms with van der Waals surface area (Å²) < 4.78 is 5.09. The van der Waals surface area contributed by atoms with Crippen LogP contribution in [0.2, 0.25) is 0 Å². The number of rotatable bonds is 7. The lowest BCUT2D eigenvalue weighted by Gasteiger charge is -2.26. The molecule has 3 heteroatoms. The molecule has 0 aliphatic rings. The molecule has 14 rings (SSSR count). The van der Waals surface area contributed by atoms with E-state index in [2.05, 4.69) is 264 Å². The van der Waals surface area contributed by atoms with Gasteiger partial charge >= 0.3 is 0 Å². The van der Waals surface area contributed by atoms with Gasteiger partial charge in [-0.2, -0.15) is 0 Å². The zero-order chi connectivity index (χ0) is 45.4. The summed E-state index contributed by atoms with van der Waals surface area (Å²) in [6.45, 7) is 0. The summed E-state index contributed by atoms with van der Waals surface area (Å²) in [5, 5.41) is 12.7. The fraction of sp³-hybridized carbons (Fsp3) is 0. The maximum Gasteiger partial charge on any atom is 0.0619 e. The zero-order valence-electron chi connectivity index (χ0n) is 37.6. The van der Waals surface area contributed by atoms with Gasteiger partial charge in [0.2, 0.25) is 0 Å². The molecule has 0 aliphatic carbocycles. The van der Waals surface area contributed by atoms with Crippen LogP contribution in [-0.2, 0) is 0 Å². The molecule has 0 saturated carbocycles. The van der Waals surface area contributed by atoms with E-state index in [0.29, 0.717) is 0 Å². The maximum atomic E-state index is 2.45. The predicted molar refractivity (Wildman–Crippen MR) is 297 cm³/mol. The summed E-state index contributed by atoms with van der Waals surface area (Å²) in [6.07, 6.45) is 0. The molecule has 0 bridgehead atoms. The average molecular weight is 895 g/mol. The van der Waals surface area contributed by atoms with Gasteiger partial charge in [0.1, 0.15) is 0 Å². The van der Waals surface area contributed by atoms with Crippen LogP contribution in [-0.4, -0.2) is 4.57 Å². The Balaban J connectivity index is 0.870. The lowest BCUT2D eigenvalue weighted by Crippen LogP contribution is -2.09. The second kappa shape index (κ2) is 16.0. The number of nitrogens with zero attached hydrogens (tertiary/aromatic N) is 2. The molecular formula is C66H42N2S. The minimum atomic E-state index is 1.09. The molecule has 2 aromatic heterocycles. The number of para-hydroxylation sites is 1. The Morgan fingerprint density at radius 2 is 0.812 bits per heavy atom. The van der Waals surface area contributed by atoms with E-state index < -0.39 is 0 Å². The van der Waals surface area contributed by atoms with Crippen LogP contribution in [0.3, 0.4) is 0 Å². The quantitative estimate of drug-likeness (QED) is 0.145. The van der Waals surface area contributed by atoms with E-state index in [1.165, 1.54) is 108 Å². The number of hydrogen-bond acceptors (Lipinski definition) is 2. The summed E-state index contributed by atoms with van der Waals surface area (Å²) in [6, 6.07) is 93.7. The van der Waals surface area contributed by atoms with Gasteiger partial charge in [0, 0.05) is 59.1 Å². The van der Waals surface area contributed by atoms with Crippen LogP contribution in [0.25, 0.3) is 113 Å². The van der Waals surface area contributed by atoms with Crippen LogP contribution in [0, 0.1) is 0 Å². The smallest absolute Gasteiger partial charge is 0.0619 e. The molecule has 0 fully saturated rings. The normalized spacial score (nSPS) is 11.8. The van der Waals surface area contributed by atoms with Crippen LogP contribution in [0.1, 0.15) is 0 Å². The second-order valence-electron chi connectivity index (χ2n) is 18.1. The van der Waals surface area contributed by atoms with Crippen LogP contribution >= 0.6 is 11.3 Å². The zero-order valence-corrected chi connectivity index (χ0v) is 38.4. The van der Waals surface area contributed by atoms with Gasteiger partial charge in [0.05, 0.1) is 11.0 Å². The van der Waals surface area contributed by atoms with Gasteiger partial charge in [-0.15, -0.1) is 11.3 Å². The summed E-state index contributed by atoms with van der Waals surface area (Å²) in [5.41, 5.74) is 14.1. The molecule has 2 nitrogen and oxygen atoms in total. The molecule has 0 saturated heterocycles. The Bertz CT molecular complexity index is 4280. The topological polar surface area (TPSA) is 8.17 Å². The van der Waals surface area contributed by atoms with Crippen molar-refractivity contribution in [3.63, 3.8) is 0 Å².